The second-order valence-electron chi connectivity index (χ2n) is 11.1. The van der Waals surface area contributed by atoms with Crippen molar-refractivity contribution >= 4 is 11.7 Å². The lowest BCUT2D eigenvalue weighted by Gasteiger charge is -2.32. The van der Waals surface area contributed by atoms with Gasteiger partial charge in [0.15, 0.2) is 5.84 Å². The van der Waals surface area contributed by atoms with Gasteiger partial charge in [0.1, 0.15) is 12.0 Å². The van der Waals surface area contributed by atoms with E-state index in [4.69, 9.17) is 15.2 Å². The van der Waals surface area contributed by atoms with Crippen LogP contribution in [0.5, 0.6) is 0 Å². The van der Waals surface area contributed by atoms with Crippen LogP contribution in [-0.4, -0.2) is 23.6 Å². The Kier molecular flexibility index (Phi) is 7.58. The van der Waals surface area contributed by atoms with Gasteiger partial charge in [-0.2, -0.15) is 5.26 Å². The molecular formula is C41H30N4. The summed E-state index contributed by atoms with van der Waals surface area (Å²) >= 11 is 0. The quantitative estimate of drug-likeness (QED) is 0.198. The van der Waals surface area contributed by atoms with Crippen molar-refractivity contribution in [1.29, 1.82) is 5.26 Å². The van der Waals surface area contributed by atoms with E-state index in [0.717, 1.165) is 61.7 Å². The Morgan fingerprint density at radius 2 is 0.889 bits per heavy atom. The molecule has 0 aromatic heterocycles. The first-order valence-electron chi connectivity index (χ1n) is 15.0. The molecule has 1 aliphatic rings. The minimum Gasteiger partial charge on any atom is -0.333 e. The minimum atomic E-state index is -0.167. The average molecular weight is 579 g/mol. The molecule has 7 rings (SSSR count). The van der Waals surface area contributed by atoms with Gasteiger partial charge in [0.25, 0.3) is 0 Å². The number of rotatable bonds is 6. The first kappa shape index (κ1) is 27.8. The zero-order chi connectivity index (χ0) is 30.6. The van der Waals surface area contributed by atoms with Gasteiger partial charge < -0.3 is 4.90 Å². The lowest BCUT2D eigenvalue weighted by atomic mass is 9.97. The van der Waals surface area contributed by atoms with Crippen LogP contribution in [0.15, 0.2) is 168 Å². The van der Waals surface area contributed by atoms with Gasteiger partial charge in [-0.1, -0.05) is 146 Å². The van der Waals surface area contributed by atoms with Crippen LogP contribution in [0.1, 0.15) is 28.4 Å². The SMILES string of the molecule is CN1C(c2ccccc2)=NC(c2ccc(-c3ccc(-c4ccc(-c5ccc(C#N)cc5)cc4)cc3)cc2)=NC1c1ccccc1. The van der Waals surface area contributed by atoms with Crippen molar-refractivity contribution in [2.45, 2.75) is 6.17 Å². The van der Waals surface area contributed by atoms with E-state index in [9.17, 15) is 0 Å². The van der Waals surface area contributed by atoms with Gasteiger partial charge in [0.2, 0.25) is 0 Å². The number of amidine groups is 2. The van der Waals surface area contributed by atoms with E-state index < -0.39 is 0 Å². The molecule has 0 saturated carbocycles. The number of hydrogen-bond donors (Lipinski definition) is 0. The molecule has 4 heteroatoms. The molecular weight excluding hydrogens is 548 g/mol. The van der Waals surface area contributed by atoms with Crippen molar-refractivity contribution in [2.75, 3.05) is 7.05 Å². The third-order valence-corrected chi connectivity index (χ3v) is 8.21. The topological polar surface area (TPSA) is 51.8 Å². The van der Waals surface area contributed by atoms with E-state index in [-0.39, 0.29) is 6.17 Å². The maximum atomic E-state index is 9.06. The van der Waals surface area contributed by atoms with E-state index in [2.05, 4.69) is 127 Å². The molecule has 45 heavy (non-hydrogen) atoms. The van der Waals surface area contributed by atoms with E-state index >= 15 is 0 Å². The molecule has 0 amide bonds. The van der Waals surface area contributed by atoms with E-state index in [1.807, 2.05) is 48.5 Å². The maximum absolute atomic E-state index is 9.06. The second kappa shape index (κ2) is 12.3. The lowest BCUT2D eigenvalue weighted by molar-refractivity contribution is 0.383. The number of nitriles is 1. The monoisotopic (exact) mass is 578 g/mol. The van der Waals surface area contributed by atoms with Gasteiger partial charge in [-0.3, -0.25) is 0 Å². The zero-order valence-electron chi connectivity index (χ0n) is 24.9. The lowest BCUT2D eigenvalue weighted by Crippen LogP contribution is -2.35. The standard InChI is InChI=1S/C41H30N4/c1-45-40(37-8-4-2-5-9-37)43-39(44-41(45)38-10-6-3-7-11-38)36-26-24-35(25-27-36)34-22-20-33(21-23-34)32-18-16-31(17-19-32)30-14-12-29(28-42)13-15-30/h2-27,40H,1H3. The smallest absolute Gasteiger partial charge is 0.159 e. The van der Waals surface area contributed by atoms with Crippen LogP contribution in [0.4, 0.5) is 0 Å². The van der Waals surface area contributed by atoms with Gasteiger partial charge in [0.05, 0.1) is 11.6 Å². The summed E-state index contributed by atoms with van der Waals surface area (Å²) in [7, 11) is 2.06. The summed E-state index contributed by atoms with van der Waals surface area (Å²) in [6, 6.07) is 56.3. The summed E-state index contributed by atoms with van der Waals surface area (Å²) in [6.45, 7) is 0. The van der Waals surface area contributed by atoms with Crippen LogP contribution in [0, 0.1) is 11.3 Å². The van der Waals surface area contributed by atoms with Gasteiger partial charge >= 0.3 is 0 Å². The van der Waals surface area contributed by atoms with Crippen molar-refractivity contribution in [3.05, 3.63) is 180 Å². The Morgan fingerprint density at radius 1 is 0.489 bits per heavy atom. The molecule has 6 aromatic carbocycles. The zero-order valence-corrected chi connectivity index (χ0v) is 24.9. The second-order valence-corrected chi connectivity index (χ2v) is 11.1. The maximum Gasteiger partial charge on any atom is 0.159 e. The highest BCUT2D eigenvalue weighted by Crippen LogP contribution is 2.30. The largest absolute Gasteiger partial charge is 0.333 e. The van der Waals surface area contributed by atoms with Crippen LogP contribution in [0.2, 0.25) is 0 Å². The summed E-state index contributed by atoms with van der Waals surface area (Å²) in [5, 5.41) is 9.06. The molecule has 0 saturated heterocycles. The Morgan fingerprint density at radius 3 is 1.33 bits per heavy atom. The molecule has 214 valence electrons. The van der Waals surface area contributed by atoms with Crippen LogP contribution in [0.25, 0.3) is 33.4 Å². The molecule has 1 aliphatic heterocycles. The Balaban J connectivity index is 1.13. The molecule has 0 aliphatic carbocycles. The fraction of sp³-hybridized carbons (Fsp3) is 0.0488. The van der Waals surface area contributed by atoms with Gasteiger partial charge in [0, 0.05) is 18.2 Å². The number of aliphatic imine (C=N–C) groups is 2. The number of nitrogens with zero attached hydrogens (tertiary/aromatic N) is 4. The highest BCUT2D eigenvalue weighted by Gasteiger charge is 2.26. The van der Waals surface area contributed by atoms with Crippen LogP contribution < -0.4 is 0 Å². The fourth-order valence-corrected chi connectivity index (χ4v) is 5.70. The van der Waals surface area contributed by atoms with Gasteiger partial charge in [-0.05, 0) is 51.1 Å². The van der Waals surface area contributed by atoms with E-state index in [1.54, 1.807) is 0 Å². The molecule has 6 aromatic rings. The molecule has 0 bridgehead atoms. The average Bonchev–Trinajstić information content (AvgIpc) is 3.13. The first-order valence-corrected chi connectivity index (χ1v) is 15.0. The molecule has 1 heterocycles. The van der Waals surface area contributed by atoms with E-state index in [1.165, 1.54) is 0 Å². The molecule has 4 nitrogen and oxygen atoms in total. The Labute approximate surface area is 263 Å². The van der Waals surface area contributed by atoms with Crippen molar-refractivity contribution in [1.82, 2.24) is 4.90 Å². The highest BCUT2D eigenvalue weighted by atomic mass is 15.3. The number of hydrogen-bond acceptors (Lipinski definition) is 4. The van der Waals surface area contributed by atoms with E-state index in [0.29, 0.717) is 5.56 Å². The van der Waals surface area contributed by atoms with Crippen molar-refractivity contribution < 1.29 is 0 Å². The summed E-state index contributed by atoms with van der Waals surface area (Å²) in [5.74, 6) is 1.63. The third-order valence-electron chi connectivity index (χ3n) is 8.21. The normalized spacial score (nSPS) is 14.3. The predicted molar refractivity (Wildman–Crippen MR) is 184 cm³/mol. The Hall–Kier alpha value is -6.05. The van der Waals surface area contributed by atoms with Crippen molar-refractivity contribution in [3.63, 3.8) is 0 Å². The predicted octanol–water partition coefficient (Wildman–Crippen LogP) is 9.40. The van der Waals surface area contributed by atoms with Crippen molar-refractivity contribution in [3.8, 4) is 39.4 Å². The summed E-state index contributed by atoms with van der Waals surface area (Å²) in [5.41, 5.74) is 10.7. The first-order chi connectivity index (χ1) is 22.2. The summed E-state index contributed by atoms with van der Waals surface area (Å²) in [6.07, 6.45) is -0.167. The van der Waals surface area contributed by atoms with Crippen LogP contribution in [0.3, 0.4) is 0 Å². The van der Waals surface area contributed by atoms with Crippen LogP contribution in [-0.2, 0) is 0 Å². The molecule has 0 N–H and O–H groups in total. The molecule has 1 unspecified atom stereocenters. The molecule has 0 fully saturated rings. The number of benzene rings is 6. The van der Waals surface area contributed by atoms with Crippen LogP contribution >= 0.6 is 0 Å². The summed E-state index contributed by atoms with van der Waals surface area (Å²) < 4.78 is 0. The third kappa shape index (κ3) is 5.80. The molecule has 1 atom stereocenters. The van der Waals surface area contributed by atoms with Crippen molar-refractivity contribution in [2.24, 2.45) is 9.98 Å². The highest BCUT2D eigenvalue weighted by molar-refractivity contribution is 6.13. The van der Waals surface area contributed by atoms with Gasteiger partial charge in [-0.15, -0.1) is 0 Å². The fourth-order valence-electron chi connectivity index (χ4n) is 5.70. The molecule has 0 radical (unpaired) electrons. The minimum absolute atomic E-state index is 0.167. The summed E-state index contributed by atoms with van der Waals surface area (Å²) in [4.78, 5) is 12.3. The Bertz CT molecular complexity index is 2020. The molecule has 0 spiro atoms. The van der Waals surface area contributed by atoms with Gasteiger partial charge in [-0.25, -0.2) is 9.98 Å².